The highest BCUT2D eigenvalue weighted by Gasteiger charge is 2.17. The summed E-state index contributed by atoms with van der Waals surface area (Å²) in [6.07, 6.45) is 7.28. The highest BCUT2D eigenvalue weighted by atomic mass is 32.2. The first-order chi connectivity index (χ1) is 16.6. The number of benzene rings is 1. The highest BCUT2D eigenvalue weighted by Crippen LogP contribution is 2.21. The molecule has 10 heteroatoms. The van der Waals surface area contributed by atoms with Crippen LogP contribution in [0.25, 0.3) is 0 Å². The number of Topliss-reactive ketones (excluding diaryl/α,β-unsaturated/α-hetero) is 1. The summed E-state index contributed by atoms with van der Waals surface area (Å²) in [5, 5.41) is 2.54. The average Bonchev–Trinajstić information content (AvgIpc) is 2.80. The second-order valence-electron chi connectivity index (χ2n) is 8.67. The fourth-order valence-electron chi connectivity index (χ4n) is 3.66. The monoisotopic (exact) mass is 513 g/mol. The van der Waals surface area contributed by atoms with Gasteiger partial charge in [-0.3, -0.25) is 14.1 Å². The van der Waals surface area contributed by atoms with Crippen LogP contribution in [0, 0.1) is 5.92 Å². The smallest absolute Gasteiger partial charge is 0.334 e. The lowest BCUT2D eigenvalue weighted by Gasteiger charge is -2.14. The van der Waals surface area contributed by atoms with Crippen molar-refractivity contribution in [3.63, 3.8) is 0 Å². The molecule has 2 N–H and O–H groups in total. The van der Waals surface area contributed by atoms with Crippen molar-refractivity contribution < 1.29 is 36.8 Å². The van der Waals surface area contributed by atoms with E-state index in [0.717, 1.165) is 38.5 Å². The number of para-hydroxylation sites is 1. The average molecular weight is 514 g/mol. The molecule has 0 aliphatic heterocycles. The standard InChI is InChI=1S/C25H39NO8S/c1-19(27)21(14-12-18-34-25(29)20(2)33-3)13-8-6-4-5-7-9-17-24(28)26-22-15-10-11-16-23(22)35(30,31)32/h10-11,15-16,20-21H,4-9,12-14,17-18H2,1-3H3,(H,26,28)(H,30,31,32). The number of ether oxygens (including phenoxy) is 2. The van der Waals surface area contributed by atoms with Crippen molar-refractivity contribution in [1.82, 2.24) is 0 Å². The Bertz CT molecular complexity index is 916. The van der Waals surface area contributed by atoms with E-state index in [1.165, 1.54) is 25.3 Å². The quantitative estimate of drug-likeness (QED) is 0.166. The first-order valence-corrected chi connectivity index (χ1v) is 13.6. The Morgan fingerprint density at radius 3 is 2.20 bits per heavy atom. The molecule has 1 aromatic carbocycles. The van der Waals surface area contributed by atoms with Crippen LogP contribution in [0.1, 0.15) is 78.1 Å². The number of nitrogens with one attached hydrogen (secondary N) is 1. The zero-order valence-electron chi connectivity index (χ0n) is 21.0. The Labute approximate surface area is 208 Å². The number of ketones is 1. The predicted molar refractivity (Wildman–Crippen MR) is 133 cm³/mol. The molecule has 0 saturated heterocycles. The lowest BCUT2D eigenvalue weighted by Crippen LogP contribution is -2.22. The van der Waals surface area contributed by atoms with Crippen LogP contribution in [-0.4, -0.2) is 50.5 Å². The summed E-state index contributed by atoms with van der Waals surface area (Å²) in [4.78, 5) is 35.2. The van der Waals surface area contributed by atoms with Gasteiger partial charge in [0.15, 0.2) is 6.10 Å². The normalized spacial score (nSPS) is 13.1. The minimum absolute atomic E-state index is 0.0251. The zero-order valence-corrected chi connectivity index (χ0v) is 21.8. The molecule has 0 radical (unpaired) electrons. The summed E-state index contributed by atoms with van der Waals surface area (Å²) < 4.78 is 42.1. The van der Waals surface area contributed by atoms with Crippen molar-refractivity contribution in [3.8, 4) is 0 Å². The van der Waals surface area contributed by atoms with E-state index in [1.807, 2.05) is 0 Å². The van der Waals surface area contributed by atoms with Crippen LogP contribution < -0.4 is 5.32 Å². The van der Waals surface area contributed by atoms with Crippen LogP contribution in [0.4, 0.5) is 5.69 Å². The van der Waals surface area contributed by atoms with Crippen molar-refractivity contribution in [1.29, 1.82) is 0 Å². The second-order valence-corrected chi connectivity index (χ2v) is 10.1. The van der Waals surface area contributed by atoms with E-state index < -0.39 is 22.2 Å². The Balaban J connectivity index is 2.17. The number of hydrogen-bond donors (Lipinski definition) is 2. The van der Waals surface area contributed by atoms with Crippen LogP contribution in [0.15, 0.2) is 29.2 Å². The summed E-state index contributed by atoms with van der Waals surface area (Å²) >= 11 is 0. The number of carbonyl (C=O) groups excluding carboxylic acids is 3. The SMILES string of the molecule is COC(C)C(=O)OCCCC(CCCCCCCCC(=O)Nc1ccccc1S(=O)(=O)O)C(C)=O. The molecule has 1 amide bonds. The van der Waals surface area contributed by atoms with Crippen LogP contribution >= 0.6 is 0 Å². The summed E-state index contributed by atoms with van der Waals surface area (Å²) in [6.45, 7) is 3.51. The first-order valence-electron chi connectivity index (χ1n) is 12.1. The van der Waals surface area contributed by atoms with E-state index in [9.17, 15) is 27.4 Å². The molecular weight excluding hydrogens is 474 g/mol. The number of esters is 1. The van der Waals surface area contributed by atoms with Gasteiger partial charge in [-0.25, -0.2) is 4.79 Å². The molecule has 9 nitrogen and oxygen atoms in total. The third-order valence-corrected chi connectivity index (χ3v) is 6.76. The van der Waals surface area contributed by atoms with Gasteiger partial charge in [-0.05, 0) is 51.7 Å². The molecule has 0 aliphatic rings. The minimum atomic E-state index is -4.40. The topological polar surface area (TPSA) is 136 Å². The third kappa shape index (κ3) is 12.8. The Hall–Kier alpha value is -2.30. The van der Waals surface area contributed by atoms with Gasteiger partial charge in [0.25, 0.3) is 10.1 Å². The van der Waals surface area contributed by atoms with Gasteiger partial charge in [0.2, 0.25) is 5.91 Å². The molecule has 198 valence electrons. The van der Waals surface area contributed by atoms with Gasteiger partial charge in [-0.1, -0.05) is 44.2 Å². The fraction of sp³-hybridized carbons (Fsp3) is 0.640. The van der Waals surface area contributed by atoms with Crippen LogP contribution in [0.2, 0.25) is 0 Å². The van der Waals surface area contributed by atoms with E-state index in [4.69, 9.17) is 9.47 Å². The molecule has 2 atom stereocenters. The maximum absolute atomic E-state index is 12.1. The molecule has 0 spiro atoms. The van der Waals surface area contributed by atoms with Crippen LogP contribution in [0.3, 0.4) is 0 Å². The van der Waals surface area contributed by atoms with Gasteiger partial charge >= 0.3 is 5.97 Å². The van der Waals surface area contributed by atoms with Crippen molar-refractivity contribution >= 4 is 33.5 Å². The van der Waals surface area contributed by atoms with E-state index in [-0.39, 0.29) is 41.2 Å². The lowest BCUT2D eigenvalue weighted by atomic mass is 9.92. The van der Waals surface area contributed by atoms with Crippen LogP contribution in [-0.2, 0) is 34.0 Å². The maximum atomic E-state index is 12.1. The Morgan fingerprint density at radius 1 is 0.971 bits per heavy atom. The van der Waals surface area contributed by atoms with Crippen molar-refractivity contribution in [2.45, 2.75) is 89.1 Å². The number of anilines is 1. The van der Waals surface area contributed by atoms with Gasteiger partial charge in [0.1, 0.15) is 10.7 Å². The lowest BCUT2D eigenvalue weighted by molar-refractivity contribution is -0.154. The first kappa shape index (κ1) is 30.7. The zero-order chi connectivity index (χ0) is 26.3. The summed E-state index contributed by atoms with van der Waals surface area (Å²) in [7, 11) is -2.95. The van der Waals surface area contributed by atoms with E-state index >= 15 is 0 Å². The molecule has 0 saturated carbocycles. The van der Waals surface area contributed by atoms with Crippen molar-refractivity contribution in [3.05, 3.63) is 24.3 Å². The molecule has 1 rings (SSSR count). The van der Waals surface area contributed by atoms with Crippen LogP contribution in [0.5, 0.6) is 0 Å². The van der Waals surface area contributed by atoms with E-state index in [2.05, 4.69) is 5.32 Å². The predicted octanol–water partition coefficient (Wildman–Crippen LogP) is 4.56. The number of carbonyl (C=O) groups is 3. The molecule has 35 heavy (non-hydrogen) atoms. The Kier molecular flexibility index (Phi) is 14.4. The number of unbranched alkanes of at least 4 members (excludes halogenated alkanes) is 5. The molecule has 0 fully saturated rings. The van der Waals surface area contributed by atoms with Crippen molar-refractivity contribution in [2.75, 3.05) is 19.0 Å². The van der Waals surface area contributed by atoms with Gasteiger partial charge in [-0.2, -0.15) is 8.42 Å². The summed E-state index contributed by atoms with van der Waals surface area (Å²) in [5.41, 5.74) is 0.0720. The van der Waals surface area contributed by atoms with Gasteiger partial charge in [-0.15, -0.1) is 0 Å². The molecule has 2 unspecified atom stereocenters. The Morgan fingerprint density at radius 2 is 1.57 bits per heavy atom. The molecule has 0 aliphatic carbocycles. The minimum Gasteiger partial charge on any atom is -0.464 e. The number of amides is 1. The number of hydrogen-bond acceptors (Lipinski definition) is 7. The van der Waals surface area contributed by atoms with Crippen molar-refractivity contribution in [2.24, 2.45) is 5.92 Å². The fourth-order valence-corrected chi connectivity index (χ4v) is 4.31. The summed E-state index contributed by atoms with van der Waals surface area (Å²) in [5.74, 6) is -0.564. The molecule has 0 heterocycles. The van der Waals surface area contributed by atoms with Gasteiger partial charge in [0.05, 0.1) is 12.3 Å². The van der Waals surface area contributed by atoms with E-state index in [1.54, 1.807) is 19.9 Å². The maximum Gasteiger partial charge on any atom is 0.334 e. The second kappa shape index (κ2) is 16.4. The highest BCUT2D eigenvalue weighted by molar-refractivity contribution is 7.86. The largest absolute Gasteiger partial charge is 0.464 e. The number of methoxy groups -OCH3 is 1. The molecule has 1 aromatic rings. The van der Waals surface area contributed by atoms with E-state index in [0.29, 0.717) is 19.3 Å². The van der Waals surface area contributed by atoms with Gasteiger partial charge in [0, 0.05) is 19.4 Å². The summed E-state index contributed by atoms with van der Waals surface area (Å²) in [6, 6.07) is 5.72. The van der Waals surface area contributed by atoms with Gasteiger partial charge < -0.3 is 14.8 Å². The molecule has 0 aromatic heterocycles. The third-order valence-electron chi connectivity index (χ3n) is 5.85. The molecular formula is C25H39NO8S. The molecule has 0 bridgehead atoms. The number of rotatable bonds is 18.